The van der Waals surface area contributed by atoms with Crippen molar-refractivity contribution in [2.45, 2.75) is 26.7 Å². The molecule has 3 amide bonds. The number of nitrogens with zero attached hydrogens (tertiary/aromatic N) is 3. The first-order valence-electron chi connectivity index (χ1n) is 8.84. The molecule has 2 N–H and O–H groups in total. The number of amides is 3. The Hall–Kier alpha value is -1.59. The van der Waals surface area contributed by atoms with Crippen LogP contribution in [0.1, 0.15) is 26.7 Å². The lowest BCUT2D eigenvalue weighted by Crippen LogP contribution is -2.48. The molecule has 0 saturated carbocycles. The highest BCUT2D eigenvalue weighted by atomic mass is 127. The maximum Gasteiger partial charge on any atom is 0.324 e. The molecule has 2 rings (SSSR count). The summed E-state index contributed by atoms with van der Waals surface area (Å²) in [5.41, 5.74) is 0. The normalized spacial score (nSPS) is 20.5. The number of likely N-dealkylation sites (tertiary alicyclic amines) is 1. The number of guanidine groups is 1. The number of hydrogen-bond acceptors (Lipinski definition) is 5. The van der Waals surface area contributed by atoms with Crippen LogP contribution in [0.4, 0.5) is 4.79 Å². The Morgan fingerprint density at radius 2 is 2.15 bits per heavy atom. The van der Waals surface area contributed by atoms with Gasteiger partial charge in [-0.15, -0.1) is 24.0 Å². The SMILES string of the molecule is CCNC(=NCCN1C(=O)CNC1=O)N1CCCC(C(=O)OCC)C1.I. The highest BCUT2D eigenvalue weighted by Crippen LogP contribution is 2.18. The molecule has 1 atom stereocenters. The van der Waals surface area contributed by atoms with Gasteiger partial charge in [0.25, 0.3) is 0 Å². The molecule has 0 aromatic rings. The van der Waals surface area contributed by atoms with E-state index < -0.39 is 0 Å². The molecule has 148 valence electrons. The van der Waals surface area contributed by atoms with E-state index in [0.717, 1.165) is 19.4 Å². The zero-order chi connectivity index (χ0) is 18.2. The summed E-state index contributed by atoms with van der Waals surface area (Å²) in [4.78, 5) is 42.8. The Bertz CT molecular complexity index is 527. The quantitative estimate of drug-likeness (QED) is 0.187. The van der Waals surface area contributed by atoms with Gasteiger partial charge in [0.15, 0.2) is 5.96 Å². The Kier molecular flexibility index (Phi) is 9.66. The van der Waals surface area contributed by atoms with Crippen molar-refractivity contribution in [2.75, 3.05) is 45.9 Å². The number of ether oxygens (including phenoxy) is 1. The van der Waals surface area contributed by atoms with E-state index in [2.05, 4.69) is 15.6 Å². The third kappa shape index (κ3) is 5.99. The number of carbonyl (C=O) groups excluding carboxylic acids is 3. The van der Waals surface area contributed by atoms with Gasteiger partial charge in [0.05, 0.1) is 32.2 Å². The molecule has 2 aliphatic heterocycles. The van der Waals surface area contributed by atoms with Crippen molar-refractivity contribution in [2.24, 2.45) is 10.9 Å². The molecule has 0 spiro atoms. The lowest BCUT2D eigenvalue weighted by atomic mass is 9.98. The van der Waals surface area contributed by atoms with Crippen molar-refractivity contribution < 1.29 is 19.1 Å². The Morgan fingerprint density at radius 1 is 1.38 bits per heavy atom. The van der Waals surface area contributed by atoms with Gasteiger partial charge in [-0.1, -0.05) is 0 Å². The van der Waals surface area contributed by atoms with Crippen molar-refractivity contribution >= 4 is 47.8 Å². The Morgan fingerprint density at radius 3 is 2.77 bits per heavy atom. The van der Waals surface area contributed by atoms with Crippen molar-refractivity contribution in [3.63, 3.8) is 0 Å². The largest absolute Gasteiger partial charge is 0.466 e. The van der Waals surface area contributed by atoms with Gasteiger partial charge in [-0.05, 0) is 26.7 Å². The predicted molar refractivity (Wildman–Crippen MR) is 107 cm³/mol. The molecular weight excluding hydrogens is 453 g/mol. The predicted octanol–water partition coefficient (Wildman–Crippen LogP) is 0.397. The van der Waals surface area contributed by atoms with E-state index >= 15 is 0 Å². The molecule has 2 saturated heterocycles. The zero-order valence-electron chi connectivity index (χ0n) is 15.3. The van der Waals surface area contributed by atoms with Crippen LogP contribution in [-0.2, 0) is 14.3 Å². The van der Waals surface area contributed by atoms with E-state index in [1.807, 2.05) is 11.8 Å². The van der Waals surface area contributed by atoms with Crippen LogP contribution in [0.2, 0.25) is 0 Å². The minimum atomic E-state index is -0.370. The summed E-state index contributed by atoms with van der Waals surface area (Å²) in [7, 11) is 0. The summed E-state index contributed by atoms with van der Waals surface area (Å²) < 4.78 is 5.13. The zero-order valence-corrected chi connectivity index (χ0v) is 17.7. The summed E-state index contributed by atoms with van der Waals surface area (Å²) in [5.74, 6) is 0.153. The highest BCUT2D eigenvalue weighted by molar-refractivity contribution is 14.0. The number of hydrogen-bond donors (Lipinski definition) is 2. The van der Waals surface area contributed by atoms with Crippen molar-refractivity contribution in [1.82, 2.24) is 20.4 Å². The molecule has 2 aliphatic rings. The van der Waals surface area contributed by atoms with Gasteiger partial charge >= 0.3 is 12.0 Å². The summed E-state index contributed by atoms with van der Waals surface area (Å²) in [5, 5.41) is 5.70. The molecule has 2 fully saturated rings. The first-order chi connectivity index (χ1) is 12.1. The minimum Gasteiger partial charge on any atom is -0.466 e. The highest BCUT2D eigenvalue weighted by Gasteiger charge is 2.29. The van der Waals surface area contributed by atoms with Gasteiger partial charge in [0, 0.05) is 19.6 Å². The van der Waals surface area contributed by atoms with E-state index in [0.29, 0.717) is 32.2 Å². The molecule has 9 nitrogen and oxygen atoms in total. The van der Waals surface area contributed by atoms with Gasteiger partial charge in [-0.2, -0.15) is 0 Å². The van der Waals surface area contributed by atoms with Crippen LogP contribution in [0.25, 0.3) is 0 Å². The molecule has 0 aromatic carbocycles. The second-order valence-electron chi connectivity index (χ2n) is 5.98. The van der Waals surface area contributed by atoms with Crippen molar-refractivity contribution in [3.8, 4) is 0 Å². The van der Waals surface area contributed by atoms with Crippen molar-refractivity contribution in [1.29, 1.82) is 0 Å². The average Bonchev–Trinajstić information content (AvgIpc) is 2.93. The van der Waals surface area contributed by atoms with Gasteiger partial charge in [-0.25, -0.2) is 4.79 Å². The first-order valence-corrected chi connectivity index (χ1v) is 8.84. The third-order valence-corrected chi connectivity index (χ3v) is 4.20. The second kappa shape index (κ2) is 11.2. The molecular formula is C16H28IN5O4. The van der Waals surface area contributed by atoms with Gasteiger partial charge in [0.1, 0.15) is 0 Å². The van der Waals surface area contributed by atoms with E-state index in [1.165, 1.54) is 4.90 Å². The van der Waals surface area contributed by atoms with E-state index in [-0.39, 0.29) is 60.9 Å². The van der Waals surface area contributed by atoms with Gasteiger partial charge < -0.3 is 20.3 Å². The van der Waals surface area contributed by atoms with E-state index in [1.54, 1.807) is 6.92 Å². The summed E-state index contributed by atoms with van der Waals surface area (Å²) in [6.07, 6.45) is 1.71. The molecule has 0 aromatic heterocycles. The maximum atomic E-state index is 12.0. The fourth-order valence-corrected chi connectivity index (χ4v) is 2.99. The molecule has 26 heavy (non-hydrogen) atoms. The second-order valence-corrected chi connectivity index (χ2v) is 5.98. The number of carbonyl (C=O) groups is 3. The van der Waals surface area contributed by atoms with E-state index in [9.17, 15) is 14.4 Å². The lowest BCUT2D eigenvalue weighted by Gasteiger charge is -2.34. The summed E-state index contributed by atoms with van der Waals surface area (Å²) >= 11 is 0. The fraction of sp³-hybridized carbons (Fsp3) is 0.750. The number of nitrogens with one attached hydrogen (secondary N) is 2. The van der Waals surface area contributed by atoms with Crippen LogP contribution in [0.15, 0.2) is 4.99 Å². The van der Waals surface area contributed by atoms with Crippen LogP contribution in [0, 0.1) is 5.92 Å². The lowest BCUT2D eigenvalue weighted by molar-refractivity contribution is -0.149. The topological polar surface area (TPSA) is 103 Å². The smallest absolute Gasteiger partial charge is 0.324 e. The minimum absolute atomic E-state index is 0. The number of esters is 1. The number of urea groups is 1. The van der Waals surface area contributed by atoms with Crippen LogP contribution in [-0.4, -0.2) is 79.5 Å². The summed E-state index contributed by atoms with van der Waals surface area (Å²) in [6.45, 7) is 6.85. The van der Waals surface area contributed by atoms with Crippen LogP contribution in [0.5, 0.6) is 0 Å². The third-order valence-electron chi connectivity index (χ3n) is 4.20. The van der Waals surface area contributed by atoms with Crippen LogP contribution >= 0.6 is 24.0 Å². The molecule has 2 heterocycles. The average molecular weight is 481 g/mol. The number of imide groups is 1. The van der Waals surface area contributed by atoms with Crippen molar-refractivity contribution in [3.05, 3.63) is 0 Å². The molecule has 0 radical (unpaired) electrons. The Labute approximate surface area is 170 Å². The molecule has 1 unspecified atom stereocenters. The van der Waals surface area contributed by atoms with E-state index in [4.69, 9.17) is 4.74 Å². The molecule has 0 aliphatic carbocycles. The molecule has 10 heteroatoms. The number of piperidine rings is 1. The fourth-order valence-electron chi connectivity index (χ4n) is 2.99. The maximum absolute atomic E-state index is 12.0. The standard InChI is InChI=1S/C16H27N5O4.HI/c1-3-17-15(18-7-9-21-13(22)10-19-16(21)24)20-8-5-6-12(11-20)14(23)25-4-2;/h12H,3-11H2,1-2H3,(H,17,18)(H,19,24);1H. The van der Waals surface area contributed by atoms with Gasteiger partial charge in [0.2, 0.25) is 5.91 Å². The summed E-state index contributed by atoms with van der Waals surface area (Å²) in [6, 6.07) is -0.370. The number of halogens is 1. The Balaban J connectivity index is 0.00000338. The van der Waals surface area contributed by atoms with Crippen LogP contribution < -0.4 is 10.6 Å². The first kappa shape index (κ1) is 22.5. The van der Waals surface area contributed by atoms with Gasteiger partial charge in [-0.3, -0.25) is 19.5 Å². The monoisotopic (exact) mass is 481 g/mol. The number of rotatable bonds is 6. The van der Waals surface area contributed by atoms with Crippen LogP contribution in [0.3, 0.4) is 0 Å². The molecule has 0 bridgehead atoms. The number of aliphatic imine (C=N–C) groups is 1.